The molecule has 148 valence electrons. The van der Waals surface area contributed by atoms with Gasteiger partial charge in [-0.1, -0.05) is 5.16 Å². The molecule has 0 saturated carbocycles. The number of benzene rings is 1. The first kappa shape index (κ1) is 18.6. The fourth-order valence-corrected chi connectivity index (χ4v) is 3.64. The molecule has 1 aliphatic heterocycles. The summed E-state index contributed by atoms with van der Waals surface area (Å²) in [4.78, 5) is 21.6. The van der Waals surface area contributed by atoms with Crippen molar-refractivity contribution >= 4 is 16.6 Å². The Hall–Kier alpha value is -2.71. The van der Waals surface area contributed by atoms with Crippen molar-refractivity contribution in [3.05, 3.63) is 52.4 Å². The zero-order valence-electron chi connectivity index (χ0n) is 16.0. The van der Waals surface area contributed by atoms with E-state index in [1.54, 1.807) is 0 Å². The van der Waals surface area contributed by atoms with E-state index in [0.29, 0.717) is 10.9 Å². The third-order valence-electron chi connectivity index (χ3n) is 5.24. The van der Waals surface area contributed by atoms with Gasteiger partial charge < -0.3 is 14.5 Å². The van der Waals surface area contributed by atoms with Gasteiger partial charge >= 0.3 is 0 Å². The molecule has 3 aromatic rings. The first-order valence-electron chi connectivity index (χ1n) is 9.63. The second-order valence-electron chi connectivity index (χ2n) is 7.18. The fourth-order valence-electron chi connectivity index (χ4n) is 3.64. The van der Waals surface area contributed by atoms with Gasteiger partial charge in [0.2, 0.25) is 0 Å². The van der Waals surface area contributed by atoms with E-state index in [2.05, 4.69) is 19.9 Å². The molecule has 1 N–H and O–H groups in total. The van der Waals surface area contributed by atoms with Gasteiger partial charge in [0.15, 0.2) is 0 Å². The van der Waals surface area contributed by atoms with Crippen LogP contribution in [0.2, 0.25) is 0 Å². The molecular formula is C20H25N5O3. The molecule has 0 atom stereocenters. The van der Waals surface area contributed by atoms with Gasteiger partial charge in [-0.3, -0.25) is 14.3 Å². The van der Waals surface area contributed by atoms with Crippen LogP contribution in [0.1, 0.15) is 11.5 Å². The van der Waals surface area contributed by atoms with Crippen LogP contribution in [0.4, 0.5) is 5.69 Å². The van der Waals surface area contributed by atoms with E-state index in [0.717, 1.165) is 56.3 Å². The van der Waals surface area contributed by atoms with Gasteiger partial charge in [-0.2, -0.15) is 0 Å². The average Bonchev–Trinajstić information content (AvgIpc) is 3.14. The zero-order chi connectivity index (χ0) is 19.5. The summed E-state index contributed by atoms with van der Waals surface area (Å²) in [5, 5.41) is 13.6. The Morgan fingerprint density at radius 3 is 2.68 bits per heavy atom. The molecule has 1 aliphatic rings. The normalized spacial score (nSPS) is 15.4. The van der Waals surface area contributed by atoms with E-state index in [9.17, 15) is 4.79 Å². The van der Waals surface area contributed by atoms with E-state index in [1.807, 2.05) is 31.2 Å². The molecule has 0 aliphatic carbocycles. The minimum Gasteiger partial charge on any atom is -0.395 e. The topological polar surface area (TPSA) is 87.6 Å². The SMILES string of the molecule is Cc1cc(CCN2CCN(c3ccc4c(=O)n(CCO)cnc4c3)CC2)on1. The van der Waals surface area contributed by atoms with Crippen LogP contribution in [0.15, 0.2) is 39.9 Å². The molecule has 0 amide bonds. The molecule has 0 spiro atoms. The molecule has 0 radical (unpaired) electrons. The van der Waals surface area contributed by atoms with E-state index < -0.39 is 0 Å². The number of nitrogens with zero attached hydrogens (tertiary/aromatic N) is 5. The van der Waals surface area contributed by atoms with Crippen LogP contribution >= 0.6 is 0 Å². The van der Waals surface area contributed by atoms with Gasteiger partial charge in [-0.05, 0) is 25.1 Å². The molecule has 1 saturated heterocycles. The highest BCUT2D eigenvalue weighted by molar-refractivity contribution is 5.81. The summed E-state index contributed by atoms with van der Waals surface area (Å²) in [6.07, 6.45) is 2.38. The average molecular weight is 383 g/mol. The van der Waals surface area contributed by atoms with Crippen molar-refractivity contribution in [2.75, 3.05) is 44.2 Å². The quantitative estimate of drug-likeness (QED) is 0.681. The fraction of sp³-hybridized carbons (Fsp3) is 0.450. The number of aryl methyl sites for hydroxylation is 1. The summed E-state index contributed by atoms with van der Waals surface area (Å²) in [7, 11) is 0. The van der Waals surface area contributed by atoms with Crippen molar-refractivity contribution in [3.8, 4) is 0 Å². The van der Waals surface area contributed by atoms with Crippen molar-refractivity contribution in [1.82, 2.24) is 19.6 Å². The first-order valence-corrected chi connectivity index (χ1v) is 9.63. The summed E-state index contributed by atoms with van der Waals surface area (Å²) < 4.78 is 6.73. The predicted molar refractivity (Wildman–Crippen MR) is 107 cm³/mol. The molecule has 1 aromatic carbocycles. The van der Waals surface area contributed by atoms with Gasteiger partial charge in [0, 0.05) is 50.9 Å². The predicted octanol–water partition coefficient (Wildman–Crippen LogP) is 1.05. The number of anilines is 1. The lowest BCUT2D eigenvalue weighted by atomic mass is 10.2. The lowest BCUT2D eigenvalue weighted by Crippen LogP contribution is -2.47. The molecule has 8 heteroatoms. The Labute approximate surface area is 163 Å². The zero-order valence-corrected chi connectivity index (χ0v) is 16.0. The van der Waals surface area contributed by atoms with Crippen molar-refractivity contribution < 1.29 is 9.63 Å². The highest BCUT2D eigenvalue weighted by Gasteiger charge is 2.18. The van der Waals surface area contributed by atoms with Crippen LogP contribution in [0.5, 0.6) is 0 Å². The third-order valence-corrected chi connectivity index (χ3v) is 5.24. The van der Waals surface area contributed by atoms with Crippen LogP contribution in [-0.4, -0.2) is 64.0 Å². The Morgan fingerprint density at radius 2 is 1.96 bits per heavy atom. The van der Waals surface area contributed by atoms with Gasteiger partial charge in [0.25, 0.3) is 5.56 Å². The molecule has 8 nitrogen and oxygen atoms in total. The molecule has 28 heavy (non-hydrogen) atoms. The van der Waals surface area contributed by atoms with Gasteiger partial charge in [0.05, 0.1) is 36.1 Å². The van der Waals surface area contributed by atoms with Crippen molar-refractivity contribution in [3.63, 3.8) is 0 Å². The number of hydrogen-bond donors (Lipinski definition) is 1. The van der Waals surface area contributed by atoms with E-state index >= 15 is 0 Å². The lowest BCUT2D eigenvalue weighted by molar-refractivity contribution is 0.250. The molecule has 0 bridgehead atoms. The Balaban J connectivity index is 1.39. The van der Waals surface area contributed by atoms with Gasteiger partial charge in [-0.25, -0.2) is 4.98 Å². The number of hydrogen-bond acceptors (Lipinski definition) is 7. The minimum atomic E-state index is -0.113. The van der Waals surface area contributed by atoms with Crippen molar-refractivity contribution in [1.29, 1.82) is 0 Å². The maximum Gasteiger partial charge on any atom is 0.261 e. The van der Waals surface area contributed by atoms with Crippen LogP contribution in [-0.2, 0) is 13.0 Å². The number of rotatable bonds is 6. The van der Waals surface area contributed by atoms with Crippen LogP contribution in [0, 0.1) is 6.92 Å². The molecule has 2 aromatic heterocycles. The summed E-state index contributed by atoms with van der Waals surface area (Å²) in [6, 6.07) is 7.80. The lowest BCUT2D eigenvalue weighted by Gasteiger charge is -2.36. The largest absolute Gasteiger partial charge is 0.395 e. The Bertz CT molecular complexity index is 1000. The van der Waals surface area contributed by atoms with E-state index in [4.69, 9.17) is 9.63 Å². The Kier molecular flexibility index (Phi) is 5.40. The van der Waals surface area contributed by atoms with Gasteiger partial charge in [-0.15, -0.1) is 0 Å². The smallest absolute Gasteiger partial charge is 0.261 e. The molecule has 3 heterocycles. The van der Waals surface area contributed by atoms with Gasteiger partial charge in [0.1, 0.15) is 5.76 Å². The highest BCUT2D eigenvalue weighted by atomic mass is 16.5. The second-order valence-corrected chi connectivity index (χ2v) is 7.18. The number of fused-ring (bicyclic) bond motifs is 1. The van der Waals surface area contributed by atoms with Crippen LogP contribution < -0.4 is 10.5 Å². The summed E-state index contributed by atoms with van der Waals surface area (Å²) >= 11 is 0. The number of aliphatic hydroxyl groups excluding tert-OH is 1. The highest BCUT2D eigenvalue weighted by Crippen LogP contribution is 2.20. The molecular weight excluding hydrogens is 358 g/mol. The standard InChI is InChI=1S/C20H25N5O3/c1-15-12-17(28-22-15)4-5-23-6-8-24(9-7-23)16-2-3-18-19(13-16)21-14-25(10-11-26)20(18)27/h2-3,12-14,26H,4-11H2,1H3. The summed E-state index contributed by atoms with van der Waals surface area (Å²) in [5.41, 5.74) is 2.59. The number of aliphatic hydroxyl groups is 1. The van der Waals surface area contributed by atoms with E-state index in [-0.39, 0.29) is 18.7 Å². The van der Waals surface area contributed by atoms with Crippen molar-refractivity contribution in [2.24, 2.45) is 0 Å². The van der Waals surface area contributed by atoms with E-state index in [1.165, 1.54) is 10.9 Å². The molecule has 4 rings (SSSR count). The summed E-state index contributed by atoms with van der Waals surface area (Å²) in [5.74, 6) is 0.937. The monoisotopic (exact) mass is 383 g/mol. The molecule has 0 unspecified atom stereocenters. The third kappa shape index (κ3) is 3.93. The summed E-state index contributed by atoms with van der Waals surface area (Å²) in [6.45, 7) is 6.92. The Morgan fingerprint density at radius 1 is 1.14 bits per heavy atom. The van der Waals surface area contributed by atoms with Crippen LogP contribution in [0.25, 0.3) is 10.9 Å². The molecule has 1 fully saturated rings. The second kappa shape index (κ2) is 8.12. The van der Waals surface area contributed by atoms with Crippen molar-refractivity contribution in [2.45, 2.75) is 19.9 Å². The maximum atomic E-state index is 12.4. The minimum absolute atomic E-state index is 0.0779. The first-order chi connectivity index (χ1) is 13.6. The number of aromatic nitrogens is 3. The van der Waals surface area contributed by atoms with Crippen LogP contribution in [0.3, 0.4) is 0 Å². The number of piperazine rings is 1. The maximum absolute atomic E-state index is 12.4.